The zero-order chi connectivity index (χ0) is 18.2. The second-order valence-electron chi connectivity index (χ2n) is 5.90. The number of pyridine rings is 1. The van der Waals surface area contributed by atoms with Crippen LogP contribution in [0.3, 0.4) is 0 Å². The maximum atomic E-state index is 12.3. The molecule has 1 aliphatic heterocycles. The van der Waals surface area contributed by atoms with Crippen molar-refractivity contribution in [2.75, 3.05) is 39.0 Å². The molecule has 1 aliphatic rings. The molecule has 0 aromatic carbocycles. The number of amides is 2. The Morgan fingerprint density at radius 3 is 2.68 bits per heavy atom. The molecule has 136 valence electrons. The van der Waals surface area contributed by atoms with Gasteiger partial charge in [-0.3, -0.25) is 14.6 Å². The van der Waals surface area contributed by atoms with Crippen LogP contribution in [-0.2, 0) is 11.2 Å². The Morgan fingerprint density at radius 2 is 2.08 bits per heavy atom. The van der Waals surface area contributed by atoms with Crippen LogP contribution in [0.25, 0.3) is 6.08 Å². The van der Waals surface area contributed by atoms with Crippen molar-refractivity contribution in [3.63, 3.8) is 0 Å². The molecular formula is C18H26N4O2S. The SMILES string of the molecule is C=Cc1ncc(C(=O)NCC(=O)N2CCN(SC)CC2)cc1CCC. The molecule has 1 fully saturated rings. The van der Waals surface area contributed by atoms with Gasteiger partial charge in [-0.15, -0.1) is 0 Å². The Kier molecular flexibility index (Phi) is 7.46. The van der Waals surface area contributed by atoms with E-state index < -0.39 is 0 Å². The minimum Gasteiger partial charge on any atom is -0.343 e. The summed E-state index contributed by atoms with van der Waals surface area (Å²) in [6, 6.07) is 1.84. The highest BCUT2D eigenvalue weighted by molar-refractivity contribution is 7.96. The third-order valence-electron chi connectivity index (χ3n) is 4.23. The molecule has 0 spiro atoms. The van der Waals surface area contributed by atoms with Gasteiger partial charge in [0.05, 0.1) is 17.8 Å². The predicted octanol–water partition coefficient (Wildman–Crippen LogP) is 1.83. The van der Waals surface area contributed by atoms with Crippen molar-refractivity contribution < 1.29 is 9.59 Å². The molecule has 2 heterocycles. The first-order valence-corrected chi connectivity index (χ1v) is 9.73. The summed E-state index contributed by atoms with van der Waals surface area (Å²) in [5.74, 6) is -0.310. The molecule has 0 saturated carbocycles. The highest BCUT2D eigenvalue weighted by atomic mass is 32.2. The lowest BCUT2D eigenvalue weighted by Gasteiger charge is -2.33. The van der Waals surface area contributed by atoms with E-state index in [1.165, 1.54) is 6.20 Å². The summed E-state index contributed by atoms with van der Waals surface area (Å²) >= 11 is 1.69. The maximum Gasteiger partial charge on any atom is 0.253 e. The van der Waals surface area contributed by atoms with Gasteiger partial charge in [0.2, 0.25) is 5.91 Å². The van der Waals surface area contributed by atoms with E-state index >= 15 is 0 Å². The van der Waals surface area contributed by atoms with E-state index in [1.54, 1.807) is 22.9 Å². The fourth-order valence-corrected chi connectivity index (χ4v) is 3.32. The number of hydrogen-bond acceptors (Lipinski definition) is 5. The molecule has 0 radical (unpaired) electrons. The van der Waals surface area contributed by atoms with Gasteiger partial charge in [-0.1, -0.05) is 31.9 Å². The van der Waals surface area contributed by atoms with Gasteiger partial charge in [0.15, 0.2) is 0 Å². The molecular weight excluding hydrogens is 336 g/mol. The smallest absolute Gasteiger partial charge is 0.253 e. The zero-order valence-corrected chi connectivity index (χ0v) is 15.8. The number of piperazine rings is 1. The molecule has 6 nitrogen and oxygen atoms in total. The van der Waals surface area contributed by atoms with Crippen molar-refractivity contribution >= 4 is 29.8 Å². The van der Waals surface area contributed by atoms with Gasteiger partial charge in [-0.05, 0) is 30.4 Å². The van der Waals surface area contributed by atoms with E-state index in [4.69, 9.17) is 0 Å². The Labute approximate surface area is 153 Å². The highest BCUT2D eigenvalue weighted by Gasteiger charge is 2.21. The molecule has 0 bridgehead atoms. The average Bonchev–Trinajstić information content (AvgIpc) is 2.66. The van der Waals surface area contributed by atoms with E-state index in [9.17, 15) is 9.59 Å². The van der Waals surface area contributed by atoms with Crippen LogP contribution in [0.15, 0.2) is 18.8 Å². The molecule has 0 aliphatic carbocycles. The number of carbonyl (C=O) groups is 2. The van der Waals surface area contributed by atoms with Crippen LogP contribution >= 0.6 is 11.9 Å². The molecule has 1 N–H and O–H groups in total. The number of aryl methyl sites for hydroxylation is 1. The molecule has 25 heavy (non-hydrogen) atoms. The molecule has 1 aromatic rings. The van der Waals surface area contributed by atoms with Crippen molar-refractivity contribution in [2.24, 2.45) is 0 Å². The van der Waals surface area contributed by atoms with Crippen LogP contribution in [0.1, 0.15) is 35.0 Å². The molecule has 1 aromatic heterocycles. The minimum absolute atomic E-state index is 0.0183. The number of nitrogens with one attached hydrogen (secondary N) is 1. The summed E-state index contributed by atoms with van der Waals surface area (Å²) in [5, 5.41) is 2.71. The number of carbonyl (C=O) groups excluding carboxylic acids is 2. The summed E-state index contributed by atoms with van der Waals surface area (Å²) in [6.07, 6.45) is 7.08. The number of hydrogen-bond donors (Lipinski definition) is 1. The van der Waals surface area contributed by atoms with Crippen molar-refractivity contribution in [3.8, 4) is 0 Å². The number of rotatable bonds is 7. The van der Waals surface area contributed by atoms with Gasteiger partial charge in [-0.2, -0.15) is 0 Å². The molecule has 2 rings (SSSR count). The first kappa shape index (κ1) is 19.5. The quantitative estimate of drug-likeness (QED) is 0.750. The van der Waals surface area contributed by atoms with Crippen LogP contribution in [-0.4, -0.2) is 65.0 Å². The van der Waals surface area contributed by atoms with E-state index in [1.807, 2.05) is 12.3 Å². The summed E-state index contributed by atoms with van der Waals surface area (Å²) in [5.41, 5.74) is 2.29. The lowest BCUT2D eigenvalue weighted by molar-refractivity contribution is -0.131. The molecule has 0 unspecified atom stereocenters. The molecule has 2 amide bonds. The lowest BCUT2D eigenvalue weighted by atomic mass is 10.1. The predicted molar refractivity (Wildman–Crippen MR) is 102 cm³/mol. The van der Waals surface area contributed by atoms with Gasteiger partial charge < -0.3 is 10.2 Å². The molecule has 0 atom stereocenters. The van der Waals surface area contributed by atoms with Crippen LogP contribution in [0.2, 0.25) is 0 Å². The second-order valence-corrected chi connectivity index (χ2v) is 6.78. The largest absolute Gasteiger partial charge is 0.343 e. The van der Waals surface area contributed by atoms with Crippen molar-refractivity contribution in [1.82, 2.24) is 19.5 Å². The first-order valence-electron chi connectivity index (χ1n) is 8.55. The van der Waals surface area contributed by atoms with Gasteiger partial charge in [0, 0.05) is 32.4 Å². The van der Waals surface area contributed by atoms with Crippen LogP contribution in [0.5, 0.6) is 0 Å². The van der Waals surface area contributed by atoms with Gasteiger partial charge in [-0.25, -0.2) is 4.31 Å². The van der Waals surface area contributed by atoms with Crippen molar-refractivity contribution in [3.05, 3.63) is 35.7 Å². The summed E-state index contributed by atoms with van der Waals surface area (Å²) < 4.78 is 2.23. The second kappa shape index (κ2) is 9.58. The Hall–Kier alpha value is -1.86. The van der Waals surface area contributed by atoms with Gasteiger partial charge in [0.1, 0.15) is 0 Å². The summed E-state index contributed by atoms with van der Waals surface area (Å²) in [7, 11) is 0. The fourth-order valence-electron chi connectivity index (χ4n) is 2.79. The van der Waals surface area contributed by atoms with E-state index in [2.05, 4.69) is 28.1 Å². The normalized spacial score (nSPS) is 15.0. The Bertz CT molecular complexity index is 628. The van der Waals surface area contributed by atoms with Crippen LogP contribution in [0, 0.1) is 0 Å². The van der Waals surface area contributed by atoms with E-state index in [0.29, 0.717) is 18.7 Å². The highest BCUT2D eigenvalue weighted by Crippen LogP contribution is 2.13. The first-order chi connectivity index (χ1) is 12.1. The summed E-state index contributed by atoms with van der Waals surface area (Å²) in [6.45, 7) is 8.96. The van der Waals surface area contributed by atoms with Crippen molar-refractivity contribution in [1.29, 1.82) is 0 Å². The Balaban J connectivity index is 1.90. The molecule has 7 heteroatoms. The minimum atomic E-state index is -0.267. The molecule has 1 saturated heterocycles. The number of aromatic nitrogens is 1. The monoisotopic (exact) mass is 362 g/mol. The van der Waals surface area contributed by atoms with Crippen LogP contribution in [0.4, 0.5) is 0 Å². The standard InChI is InChI=1S/C18H26N4O2S/c1-4-6-14-11-15(12-19-16(14)5-2)18(24)20-13-17(23)21-7-9-22(25-3)10-8-21/h5,11-12H,2,4,6-10,13H2,1,3H3,(H,20,24). The van der Waals surface area contributed by atoms with Gasteiger partial charge >= 0.3 is 0 Å². The topological polar surface area (TPSA) is 65.5 Å². The lowest BCUT2D eigenvalue weighted by Crippen LogP contribution is -2.49. The van der Waals surface area contributed by atoms with E-state index in [-0.39, 0.29) is 18.4 Å². The number of nitrogens with zero attached hydrogens (tertiary/aromatic N) is 3. The van der Waals surface area contributed by atoms with Crippen molar-refractivity contribution in [2.45, 2.75) is 19.8 Å². The summed E-state index contributed by atoms with van der Waals surface area (Å²) in [4.78, 5) is 30.7. The van der Waals surface area contributed by atoms with Crippen LogP contribution < -0.4 is 5.32 Å². The third kappa shape index (κ3) is 5.31. The van der Waals surface area contributed by atoms with E-state index in [0.717, 1.165) is 37.2 Å². The average molecular weight is 362 g/mol. The zero-order valence-electron chi connectivity index (χ0n) is 15.0. The third-order valence-corrected chi connectivity index (χ3v) is 5.11. The van der Waals surface area contributed by atoms with Gasteiger partial charge in [0.25, 0.3) is 5.91 Å². The Morgan fingerprint density at radius 1 is 1.36 bits per heavy atom. The maximum absolute atomic E-state index is 12.3. The fraction of sp³-hybridized carbons (Fsp3) is 0.500.